The number of nitrogens with zero attached hydrogens (tertiary/aromatic N) is 1. The maximum absolute atomic E-state index is 12.1. The number of amides is 1. The maximum atomic E-state index is 12.1. The number of para-hydroxylation sites is 1. The minimum Gasteiger partial charge on any atom is -0.352 e. The number of rotatable bonds is 3. The first kappa shape index (κ1) is 13.1. The summed E-state index contributed by atoms with van der Waals surface area (Å²) in [6.45, 7) is 2.37. The predicted octanol–water partition coefficient (Wildman–Crippen LogP) is 1.85. The van der Waals surface area contributed by atoms with Crippen LogP contribution in [0.1, 0.15) is 18.4 Å². The zero-order valence-electron chi connectivity index (χ0n) is 11.4. The van der Waals surface area contributed by atoms with Crippen molar-refractivity contribution in [1.82, 2.24) is 15.6 Å². The number of hydrogen-bond acceptors (Lipinski definition) is 3. The number of piperidine rings is 1. The van der Waals surface area contributed by atoms with Crippen molar-refractivity contribution in [3.63, 3.8) is 0 Å². The highest BCUT2D eigenvalue weighted by molar-refractivity contribution is 5.80. The first-order valence-electron chi connectivity index (χ1n) is 7.15. The second kappa shape index (κ2) is 6.01. The van der Waals surface area contributed by atoms with Gasteiger partial charge in [0, 0.05) is 24.7 Å². The fourth-order valence-electron chi connectivity index (χ4n) is 2.62. The van der Waals surface area contributed by atoms with Crippen LogP contribution in [0.4, 0.5) is 0 Å². The van der Waals surface area contributed by atoms with Crippen molar-refractivity contribution in [2.24, 2.45) is 5.92 Å². The molecule has 1 fully saturated rings. The Morgan fingerprint density at radius 1 is 1.40 bits per heavy atom. The standard InChI is InChI=1S/C16H19N3O/c20-16(14-5-3-7-17-11-14)19-10-12-8-13-4-1-2-6-15(13)18-9-12/h1-2,4,6,8-9,14,17H,3,5,7,10-11H2,(H,19,20). The van der Waals surface area contributed by atoms with Crippen LogP contribution >= 0.6 is 0 Å². The summed E-state index contributed by atoms with van der Waals surface area (Å²) in [6, 6.07) is 10.1. The van der Waals surface area contributed by atoms with Crippen LogP contribution in [0, 0.1) is 5.92 Å². The first-order valence-corrected chi connectivity index (χ1v) is 7.15. The highest BCUT2D eigenvalue weighted by Gasteiger charge is 2.20. The van der Waals surface area contributed by atoms with Gasteiger partial charge < -0.3 is 10.6 Å². The zero-order valence-corrected chi connectivity index (χ0v) is 11.4. The molecule has 4 heteroatoms. The summed E-state index contributed by atoms with van der Waals surface area (Å²) in [7, 11) is 0. The van der Waals surface area contributed by atoms with Crippen LogP contribution in [-0.2, 0) is 11.3 Å². The molecule has 1 aliphatic rings. The number of carbonyl (C=O) groups is 1. The minimum absolute atomic E-state index is 0.108. The lowest BCUT2D eigenvalue weighted by Gasteiger charge is -2.21. The molecule has 0 aliphatic carbocycles. The molecule has 0 bridgehead atoms. The van der Waals surface area contributed by atoms with Crippen molar-refractivity contribution in [3.05, 3.63) is 42.1 Å². The van der Waals surface area contributed by atoms with E-state index in [4.69, 9.17) is 0 Å². The van der Waals surface area contributed by atoms with Gasteiger partial charge >= 0.3 is 0 Å². The molecule has 0 saturated carbocycles. The zero-order chi connectivity index (χ0) is 13.8. The summed E-state index contributed by atoms with van der Waals surface area (Å²) in [5.74, 6) is 0.252. The molecule has 3 rings (SSSR count). The van der Waals surface area contributed by atoms with Crippen molar-refractivity contribution in [2.45, 2.75) is 19.4 Å². The van der Waals surface area contributed by atoms with Crippen LogP contribution in [0.5, 0.6) is 0 Å². The topological polar surface area (TPSA) is 54.0 Å². The van der Waals surface area contributed by atoms with Gasteiger partial charge in [-0.1, -0.05) is 18.2 Å². The van der Waals surface area contributed by atoms with E-state index in [0.29, 0.717) is 6.54 Å². The second-order valence-corrected chi connectivity index (χ2v) is 5.30. The Labute approximate surface area is 118 Å². The van der Waals surface area contributed by atoms with E-state index in [9.17, 15) is 4.79 Å². The lowest BCUT2D eigenvalue weighted by molar-refractivity contribution is -0.125. The van der Waals surface area contributed by atoms with Gasteiger partial charge in [0.05, 0.1) is 11.4 Å². The fourth-order valence-corrected chi connectivity index (χ4v) is 2.62. The Bertz CT molecular complexity index is 605. The second-order valence-electron chi connectivity index (χ2n) is 5.30. The molecule has 1 atom stereocenters. The molecule has 1 aromatic heterocycles. The van der Waals surface area contributed by atoms with Crippen molar-refractivity contribution in [3.8, 4) is 0 Å². The van der Waals surface area contributed by atoms with E-state index in [0.717, 1.165) is 42.4 Å². The smallest absolute Gasteiger partial charge is 0.224 e. The van der Waals surface area contributed by atoms with Gasteiger partial charge in [-0.2, -0.15) is 0 Å². The predicted molar refractivity (Wildman–Crippen MR) is 79.2 cm³/mol. The fraction of sp³-hybridized carbons (Fsp3) is 0.375. The quantitative estimate of drug-likeness (QED) is 0.894. The van der Waals surface area contributed by atoms with Crippen molar-refractivity contribution in [1.29, 1.82) is 0 Å². The molecule has 2 heterocycles. The largest absolute Gasteiger partial charge is 0.352 e. The summed E-state index contributed by atoms with van der Waals surface area (Å²) in [6.07, 6.45) is 3.89. The van der Waals surface area contributed by atoms with Gasteiger partial charge in [-0.25, -0.2) is 0 Å². The average molecular weight is 269 g/mol. The van der Waals surface area contributed by atoms with E-state index in [2.05, 4.69) is 21.7 Å². The number of aromatic nitrogens is 1. The van der Waals surface area contributed by atoms with Crippen LogP contribution in [0.25, 0.3) is 10.9 Å². The van der Waals surface area contributed by atoms with E-state index in [1.165, 1.54) is 0 Å². The molecule has 1 amide bonds. The normalized spacial score (nSPS) is 18.9. The van der Waals surface area contributed by atoms with Gasteiger partial charge in [0.25, 0.3) is 0 Å². The highest BCUT2D eigenvalue weighted by Crippen LogP contribution is 2.13. The van der Waals surface area contributed by atoms with E-state index in [1.807, 2.05) is 30.5 Å². The molecule has 0 spiro atoms. The van der Waals surface area contributed by atoms with E-state index in [1.54, 1.807) is 0 Å². The van der Waals surface area contributed by atoms with Crippen LogP contribution in [0.3, 0.4) is 0 Å². The van der Waals surface area contributed by atoms with Crippen LogP contribution in [-0.4, -0.2) is 24.0 Å². The van der Waals surface area contributed by atoms with Crippen LogP contribution in [0.15, 0.2) is 36.5 Å². The summed E-state index contributed by atoms with van der Waals surface area (Å²) in [5, 5.41) is 7.39. The van der Waals surface area contributed by atoms with Gasteiger partial charge in [0.1, 0.15) is 0 Å². The van der Waals surface area contributed by atoms with Gasteiger partial charge in [-0.3, -0.25) is 9.78 Å². The summed E-state index contributed by atoms with van der Waals surface area (Å²) < 4.78 is 0. The molecule has 1 saturated heterocycles. The van der Waals surface area contributed by atoms with E-state index < -0.39 is 0 Å². The molecular weight excluding hydrogens is 250 g/mol. The third-order valence-electron chi connectivity index (χ3n) is 3.78. The highest BCUT2D eigenvalue weighted by atomic mass is 16.1. The number of fused-ring (bicyclic) bond motifs is 1. The van der Waals surface area contributed by atoms with Gasteiger partial charge in [-0.05, 0) is 37.1 Å². The molecule has 4 nitrogen and oxygen atoms in total. The molecular formula is C16H19N3O. The summed E-state index contributed by atoms with van der Waals surface area (Å²) in [5.41, 5.74) is 2.03. The molecule has 1 aromatic carbocycles. The van der Waals surface area contributed by atoms with Gasteiger partial charge in [0.15, 0.2) is 0 Å². The number of hydrogen-bond donors (Lipinski definition) is 2. The van der Waals surface area contributed by atoms with Crippen LogP contribution < -0.4 is 10.6 Å². The molecule has 0 radical (unpaired) electrons. The van der Waals surface area contributed by atoms with Crippen molar-refractivity contribution in [2.75, 3.05) is 13.1 Å². The summed E-state index contributed by atoms with van der Waals surface area (Å²) >= 11 is 0. The Morgan fingerprint density at radius 3 is 3.15 bits per heavy atom. The average Bonchev–Trinajstić information content (AvgIpc) is 2.53. The lowest BCUT2D eigenvalue weighted by Crippen LogP contribution is -2.40. The SMILES string of the molecule is O=C(NCc1cnc2ccccc2c1)C1CCCNC1. The molecule has 1 unspecified atom stereocenters. The number of benzene rings is 1. The minimum atomic E-state index is 0.108. The Morgan fingerprint density at radius 2 is 2.30 bits per heavy atom. The third kappa shape index (κ3) is 2.96. The number of nitrogens with one attached hydrogen (secondary N) is 2. The Hall–Kier alpha value is -1.94. The van der Waals surface area contributed by atoms with E-state index >= 15 is 0 Å². The number of pyridine rings is 1. The maximum Gasteiger partial charge on any atom is 0.224 e. The van der Waals surface area contributed by atoms with Gasteiger partial charge in [-0.15, -0.1) is 0 Å². The van der Waals surface area contributed by atoms with E-state index in [-0.39, 0.29) is 11.8 Å². The molecule has 2 aromatic rings. The Balaban J connectivity index is 1.62. The Kier molecular flexibility index (Phi) is 3.92. The van der Waals surface area contributed by atoms with Crippen molar-refractivity contribution >= 4 is 16.8 Å². The van der Waals surface area contributed by atoms with Gasteiger partial charge in [0.2, 0.25) is 5.91 Å². The monoisotopic (exact) mass is 269 g/mol. The molecule has 20 heavy (non-hydrogen) atoms. The summed E-state index contributed by atoms with van der Waals surface area (Å²) in [4.78, 5) is 16.5. The molecule has 2 N–H and O–H groups in total. The molecule has 1 aliphatic heterocycles. The van der Waals surface area contributed by atoms with Crippen molar-refractivity contribution < 1.29 is 4.79 Å². The first-order chi connectivity index (χ1) is 9.83. The third-order valence-corrected chi connectivity index (χ3v) is 3.78. The van der Waals surface area contributed by atoms with Crippen LogP contribution in [0.2, 0.25) is 0 Å². The number of carbonyl (C=O) groups excluding carboxylic acids is 1. The molecule has 104 valence electrons. The lowest BCUT2D eigenvalue weighted by atomic mass is 9.99.